The van der Waals surface area contributed by atoms with Crippen LogP contribution in [0.2, 0.25) is 0 Å². The van der Waals surface area contributed by atoms with E-state index in [0.29, 0.717) is 0 Å². The van der Waals surface area contributed by atoms with E-state index in [1.54, 1.807) is 0 Å². The molecule has 2 aliphatic carbocycles. The second kappa shape index (κ2) is 24.6. The SMILES string of the molecule is Cc1ccc(-c2ccc(-c3ccc(C)cc3)c3[cH-]c(CC4CCCCCC4)cc23)cc1.Cc1ccc(-c2ccc(-c3ccc(C)cc3)c3[cH-]c(CC4CCCCCC4)cc23)cc1.[CH3-].[CH3-].[Si]=[Zr]. The number of rotatable bonds is 8. The summed E-state index contributed by atoms with van der Waals surface area (Å²) in [5, 5.41) is 5.63. The van der Waals surface area contributed by atoms with Gasteiger partial charge in [-0.25, -0.2) is 0 Å². The van der Waals surface area contributed by atoms with Gasteiger partial charge in [0.2, 0.25) is 0 Å². The molecule has 0 N–H and O–H groups in total. The third-order valence-electron chi connectivity index (χ3n) is 14.3. The average molecular weight is 961 g/mol. The molecule has 10 rings (SSSR count). The molecule has 0 bridgehead atoms. The van der Waals surface area contributed by atoms with E-state index in [9.17, 15) is 0 Å². The number of benzene rings is 6. The molecule has 2 fully saturated rings. The van der Waals surface area contributed by atoms with Gasteiger partial charge in [-0.15, -0.1) is 44.8 Å². The van der Waals surface area contributed by atoms with Crippen molar-refractivity contribution in [1.82, 2.24) is 0 Å². The van der Waals surface area contributed by atoms with Crippen molar-refractivity contribution < 1.29 is 23.3 Å². The van der Waals surface area contributed by atoms with Crippen molar-refractivity contribution in [3.8, 4) is 44.5 Å². The number of hydrogen-bond donors (Lipinski definition) is 0. The van der Waals surface area contributed by atoms with E-state index < -0.39 is 0 Å². The normalized spacial score (nSPS) is 14.4. The van der Waals surface area contributed by atoms with Gasteiger partial charge in [0.1, 0.15) is 0 Å². The number of aryl methyl sites for hydroxylation is 4. The van der Waals surface area contributed by atoms with Crippen LogP contribution in [0.5, 0.6) is 0 Å². The maximum absolute atomic E-state index is 3.06. The molecular formula is C64H72SiZr-4. The third-order valence-corrected chi connectivity index (χ3v) is 14.3. The first-order chi connectivity index (χ1) is 31.3. The van der Waals surface area contributed by atoms with E-state index in [2.05, 4.69) is 180 Å². The maximum atomic E-state index is 3.06. The average Bonchev–Trinajstić information content (AvgIpc) is 3.72. The summed E-state index contributed by atoms with van der Waals surface area (Å²) in [5.74, 6) is 1.70. The summed E-state index contributed by atoms with van der Waals surface area (Å²) >= 11 is 1.36. The van der Waals surface area contributed by atoms with Gasteiger partial charge in [0.15, 0.2) is 0 Å². The molecule has 2 heteroatoms. The Balaban J connectivity index is 0.000000204. The van der Waals surface area contributed by atoms with Gasteiger partial charge in [-0.1, -0.05) is 254 Å². The molecule has 0 spiro atoms. The van der Waals surface area contributed by atoms with Crippen molar-refractivity contribution in [2.75, 3.05) is 0 Å². The van der Waals surface area contributed by atoms with Crippen molar-refractivity contribution in [2.24, 2.45) is 11.8 Å². The van der Waals surface area contributed by atoms with Crippen LogP contribution in [0.4, 0.5) is 0 Å². The molecule has 340 valence electrons. The van der Waals surface area contributed by atoms with E-state index in [0.717, 1.165) is 11.8 Å². The van der Waals surface area contributed by atoms with Crippen LogP contribution in [0.25, 0.3) is 66.1 Å². The molecular weight excluding hydrogens is 888 g/mol. The monoisotopic (exact) mass is 958 g/mol. The van der Waals surface area contributed by atoms with Gasteiger partial charge in [-0.05, 0) is 63.5 Å². The molecule has 0 aromatic heterocycles. The van der Waals surface area contributed by atoms with E-state index in [-0.39, 0.29) is 14.9 Å². The fourth-order valence-electron chi connectivity index (χ4n) is 10.7. The molecule has 2 aliphatic rings. The first-order valence-electron chi connectivity index (χ1n) is 24.3. The summed E-state index contributed by atoms with van der Waals surface area (Å²) in [6, 6.07) is 55.3. The van der Waals surface area contributed by atoms with Crippen LogP contribution in [0.15, 0.2) is 146 Å². The Morgan fingerprint density at radius 3 is 0.924 bits per heavy atom. The van der Waals surface area contributed by atoms with Gasteiger partial charge < -0.3 is 14.9 Å². The van der Waals surface area contributed by atoms with Crippen molar-refractivity contribution in [3.63, 3.8) is 0 Å². The van der Waals surface area contributed by atoms with Crippen molar-refractivity contribution in [3.05, 3.63) is 194 Å². The summed E-state index contributed by atoms with van der Waals surface area (Å²) in [7, 11) is 0. The van der Waals surface area contributed by atoms with Gasteiger partial charge in [0, 0.05) is 0 Å². The first-order valence-corrected chi connectivity index (χ1v) is 28.5. The van der Waals surface area contributed by atoms with Gasteiger partial charge in [-0.3, -0.25) is 0 Å². The van der Waals surface area contributed by atoms with Crippen LogP contribution < -0.4 is 0 Å². The second-order valence-corrected chi connectivity index (χ2v) is 19.3. The Labute approximate surface area is 416 Å². The Morgan fingerprint density at radius 2 is 0.636 bits per heavy atom. The van der Waals surface area contributed by atoms with Gasteiger partial charge >= 0.3 is 30.2 Å². The van der Waals surface area contributed by atoms with E-state index in [1.165, 1.54) is 213 Å². The first kappa shape index (κ1) is 51.0. The minimum atomic E-state index is 0. The molecule has 0 atom stereocenters. The summed E-state index contributed by atoms with van der Waals surface area (Å²) in [4.78, 5) is 0. The minimum absolute atomic E-state index is 0. The predicted octanol–water partition coefficient (Wildman–Crippen LogP) is 18.6. The fourth-order valence-corrected chi connectivity index (χ4v) is 10.7. The van der Waals surface area contributed by atoms with E-state index >= 15 is 0 Å². The topological polar surface area (TPSA) is 0 Å². The zero-order chi connectivity index (χ0) is 44.4. The summed E-state index contributed by atoms with van der Waals surface area (Å²) in [6.45, 7) is 11.7. The molecule has 8 aromatic carbocycles. The van der Waals surface area contributed by atoms with Crippen LogP contribution in [0.1, 0.15) is 110 Å². The molecule has 0 heterocycles. The van der Waals surface area contributed by atoms with Crippen molar-refractivity contribution in [1.29, 1.82) is 0 Å². The summed E-state index contributed by atoms with van der Waals surface area (Å²) in [5.41, 5.74) is 19.0. The number of fused-ring (bicyclic) bond motifs is 2. The Morgan fingerprint density at radius 1 is 0.379 bits per heavy atom. The predicted molar refractivity (Wildman–Crippen MR) is 288 cm³/mol. The zero-order valence-corrected chi connectivity index (χ0v) is 44.4. The molecule has 0 saturated heterocycles. The van der Waals surface area contributed by atoms with Crippen LogP contribution in [0, 0.1) is 54.4 Å². The summed E-state index contributed by atoms with van der Waals surface area (Å²) in [6.07, 6.45) is 19.4. The second-order valence-electron chi connectivity index (χ2n) is 19.3. The molecule has 0 nitrogen and oxygen atoms in total. The summed E-state index contributed by atoms with van der Waals surface area (Å²) < 4.78 is 0. The van der Waals surface area contributed by atoms with Crippen LogP contribution in [-0.4, -0.2) is 6.88 Å². The molecule has 0 unspecified atom stereocenters. The van der Waals surface area contributed by atoms with E-state index in [4.69, 9.17) is 0 Å². The molecule has 2 saturated carbocycles. The number of hydrogen-bond acceptors (Lipinski definition) is 0. The van der Waals surface area contributed by atoms with Crippen molar-refractivity contribution >= 4 is 28.4 Å². The third kappa shape index (κ3) is 12.6. The fraction of sp³-hybridized carbons (Fsp3) is 0.312. The van der Waals surface area contributed by atoms with E-state index in [1.807, 2.05) is 0 Å². The van der Waals surface area contributed by atoms with Gasteiger partial charge in [-0.2, -0.15) is 12.1 Å². The molecule has 66 heavy (non-hydrogen) atoms. The zero-order valence-electron chi connectivity index (χ0n) is 40.9. The van der Waals surface area contributed by atoms with Crippen LogP contribution in [0.3, 0.4) is 0 Å². The van der Waals surface area contributed by atoms with Crippen molar-refractivity contribution in [2.45, 2.75) is 118 Å². The van der Waals surface area contributed by atoms with Crippen LogP contribution in [-0.2, 0) is 36.2 Å². The molecule has 8 aromatic rings. The standard InChI is InChI=1S/2C31H33.2CH3.Si.Zr/c2*1-22-9-13-26(14-10-22)28-17-18-29(27-15-11-23(2)12-16-27)31-21-25(20-30(28)31)19-24-7-5-3-4-6-8-24;;;;/h2*9-18,20-21,24H,3-8,19H2,1-2H3;2*1H3;;/q4*-1;;. The Bertz CT molecular complexity index is 2350. The van der Waals surface area contributed by atoms with Gasteiger partial charge in [0.25, 0.3) is 0 Å². The molecule has 2 radical (unpaired) electrons. The molecule has 0 amide bonds. The molecule has 0 aliphatic heterocycles. The quantitative estimate of drug-likeness (QED) is 0.0809. The Kier molecular flexibility index (Phi) is 19.0. The van der Waals surface area contributed by atoms with Gasteiger partial charge in [0.05, 0.1) is 0 Å². The Hall–Kier alpha value is -4.36. The van der Waals surface area contributed by atoms with Crippen LogP contribution >= 0.6 is 0 Å².